The summed E-state index contributed by atoms with van der Waals surface area (Å²) in [5.41, 5.74) is 6.55. The summed E-state index contributed by atoms with van der Waals surface area (Å²) in [5, 5.41) is 7.07. The Hall–Kier alpha value is -1.43. The van der Waals surface area contributed by atoms with Gasteiger partial charge in [0, 0.05) is 12.6 Å². The Morgan fingerprint density at radius 2 is 1.90 bits per heavy atom. The van der Waals surface area contributed by atoms with Crippen molar-refractivity contribution in [2.45, 2.75) is 59.6 Å². The van der Waals surface area contributed by atoms with Crippen LogP contribution in [0, 0.1) is 0 Å². The number of carbonyl (C=O) groups excluding carboxylic acids is 1. The van der Waals surface area contributed by atoms with Crippen molar-refractivity contribution in [1.82, 2.24) is 5.32 Å². The second-order valence-electron chi connectivity index (χ2n) is 5.19. The number of nitrogen functional groups attached to an aromatic ring is 1. The summed E-state index contributed by atoms with van der Waals surface area (Å²) in [7, 11) is 0. The van der Waals surface area contributed by atoms with Gasteiger partial charge in [0.1, 0.15) is 15.6 Å². The maximum absolute atomic E-state index is 12.1. The van der Waals surface area contributed by atoms with Crippen molar-refractivity contribution < 1.29 is 9.53 Å². The number of ether oxygens (including phenoxy) is 1. The Bertz CT molecular complexity index is 468. The molecule has 120 valence electrons. The van der Waals surface area contributed by atoms with Gasteiger partial charge in [0.05, 0.1) is 6.10 Å². The first kappa shape index (κ1) is 17.6. The van der Waals surface area contributed by atoms with Crippen LogP contribution in [0.1, 0.15) is 57.1 Å². The summed E-state index contributed by atoms with van der Waals surface area (Å²) in [6.45, 7) is 10.6. The van der Waals surface area contributed by atoms with E-state index in [-0.39, 0.29) is 12.0 Å². The lowest BCUT2D eigenvalue weighted by Crippen LogP contribution is -2.22. The summed E-state index contributed by atoms with van der Waals surface area (Å²) in [4.78, 5) is 12.6. The minimum Gasteiger partial charge on any atom is -0.486 e. The van der Waals surface area contributed by atoms with Gasteiger partial charge < -0.3 is 21.1 Å². The van der Waals surface area contributed by atoms with Gasteiger partial charge in [-0.1, -0.05) is 13.8 Å². The molecular weight excluding hydrogens is 286 g/mol. The van der Waals surface area contributed by atoms with E-state index < -0.39 is 0 Å². The minimum atomic E-state index is -0.147. The van der Waals surface area contributed by atoms with E-state index in [4.69, 9.17) is 10.5 Å². The van der Waals surface area contributed by atoms with E-state index in [0.717, 1.165) is 17.8 Å². The number of hydrogen-bond donors (Lipinski definition) is 3. The lowest BCUT2D eigenvalue weighted by atomic mass is 10.2. The zero-order valence-corrected chi connectivity index (χ0v) is 14.4. The third-order valence-corrected chi connectivity index (χ3v) is 4.23. The average molecular weight is 313 g/mol. The van der Waals surface area contributed by atoms with Crippen molar-refractivity contribution >= 4 is 27.9 Å². The highest BCUT2D eigenvalue weighted by molar-refractivity contribution is 7.19. The van der Waals surface area contributed by atoms with Crippen molar-refractivity contribution in [3.05, 3.63) is 4.88 Å². The molecular formula is C15H27N3O2S. The Labute approximate surface area is 131 Å². The van der Waals surface area contributed by atoms with Crippen LogP contribution in [0.15, 0.2) is 0 Å². The Balaban J connectivity index is 3.14. The normalized spacial score (nSPS) is 11.0. The van der Waals surface area contributed by atoms with Crippen molar-refractivity contribution in [3.63, 3.8) is 0 Å². The van der Waals surface area contributed by atoms with Gasteiger partial charge in [-0.3, -0.25) is 4.79 Å². The molecule has 1 heterocycles. The van der Waals surface area contributed by atoms with Crippen molar-refractivity contribution in [1.29, 1.82) is 0 Å². The quantitative estimate of drug-likeness (QED) is 0.687. The van der Waals surface area contributed by atoms with Crippen molar-refractivity contribution in [3.8, 4) is 5.75 Å². The van der Waals surface area contributed by atoms with Crippen LogP contribution in [0.4, 0.5) is 10.7 Å². The molecule has 1 amide bonds. The van der Waals surface area contributed by atoms with Crippen LogP contribution >= 0.6 is 11.3 Å². The average Bonchev–Trinajstić information content (AvgIpc) is 2.73. The van der Waals surface area contributed by atoms with E-state index >= 15 is 0 Å². The monoisotopic (exact) mass is 313 g/mol. The van der Waals surface area contributed by atoms with E-state index in [9.17, 15) is 4.79 Å². The lowest BCUT2D eigenvalue weighted by Gasteiger charge is -2.17. The standard InChI is InChI=1S/C15H27N3O2S/c1-6-10(7-2)18-15-12(20-9(4)5)11(16)13(21-15)14(19)17-8-3/h9-10,18H,6-8,16H2,1-5H3,(H,17,19). The zero-order valence-electron chi connectivity index (χ0n) is 13.6. The van der Waals surface area contributed by atoms with Crippen LogP contribution in [0.25, 0.3) is 0 Å². The minimum absolute atomic E-state index is 0.00578. The number of rotatable bonds is 8. The molecule has 1 rings (SSSR count). The second-order valence-corrected chi connectivity index (χ2v) is 6.21. The number of nitrogens with two attached hydrogens (primary N) is 1. The van der Waals surface area contributed by atoms with Gasteiger partial charge in [-0.05, 0) is 33.6 Å². The van der Waals surface area contributed by atoms with Crippen LogP contribution in [0.3, 0.4) is 0 Å². The Morgan fingerprint density at radius 1 is 1.29 bits per heavy atom. The molecule has 1 aromatic rings. The van der Waals surface area contributed by atoms with Gasteiger partial charge in [-0.25, -0.2) is 0 Å². The first-order valence-corrected chi connectivity index (χ1v) is 8.39. The highest BCUT2D eigenvalue weighted by atomic mass is 32.1. The van der Waals surface area contributed by atoms with E-state index in [1.807, 2.05) is 20.8 Å². The molecule has 0 spiro atoms. The molecule has 6 heteroatoms. The number of nitrogens with one attached hydrogen (secondary N) is 2. The summed E-state index contributed by atoms with van der Waals surface area (Å²) in [6, 6.07) is 0.347. The van der Waals surface area contributed by atoms with Gasteiger partial charge >= 0.3 is 0 Å². The predicted molar refractivity (Wildman–Crippen MR) is 90.5 cm³/mol. The van der Waals surface area contributed by atoms with Gasteiger partial charge in [0.25, 0.3) is 5.91 Å². The largest absolute Gasteiger partial charge is 0.486 e. The third kappa shape index (κ3) is 4.52. The SMILES string of the molecule is CCNC(=O)c1sc(NC(CC)CC)c(OC(C)C)c1N. The third-order valence-electron chi connectivity index (χ3n) is 3.12. The summed E-state index contributed by atoms with van der Waals surface area (Å²) in [5.74, 6) is 0.453. The zero-order chi connectivity index (χ0) is 16.0. The molecule has 0 aliphatic heterocycles. The number of thiophene rings is 1. The Morgan fingerprint density at radius 3 is 2.38 bits per heavy atom. The van der Waals surface area contributed by atoms with Gasteiger partial charge in [0.2, 0.25) is 0 Å². The first-order valence-electron chi connectivity index (χ1n) is 7.58. The fourth-order valence-corrected chi connectivity index (χ4v) is 3.01. The number of carbonyl (C=O) groups is 1. The maximum Gasteiger partial charge on any atom is 0.263 e. The molecule has 0 bridgehead atoms. The van der Waals surface area contributed by atoms with E-state index in [2.05, 4.69) is 24.5 Å². The molecule has 1 aromatic heterocycles. The first-order chi connectivity index (χ1) is 9.94. The van der Waals surface area contributed by atoms with Crippen LogP contribution in [-0.4, -0.2) is 24.6 Å². The summed E-state index contributed by atoms with van der Waals surface area (Å²) < 4.78 is 5.82. The molecule has 0 radical (unpaired) electrons. The second kappa shape index (κ2) is 8.12. The van der Waals surface area contributed by atoms with E-state index in [1.165, 1.54) is 11.3 Å². The number of amides is 1. The lowest BCUT2D eigenvalue weighted by molar-refractivity contribution is 0.0960. The van der Waals surface area contributed by atoms with Crippen LogP contribution in [0.5, 0.6) is 5.75 Å². The van der Waals surface area contributed by atoms with Gasteiger partial charge in [0.15, 0.2) is 5.75 Å². The molecule has 0 aromatic carbocycles. The molecule has 0 saturated heterocycles. The molecule has 5 nitrogen and oxygen atoms in total. The molecule has 0 fully saturated rings. The van der Waals surface area contributed by atoms with Crippen molar-refractivity contribution in [2.24, 2.45) is 0 Å². The fourth-order valence-electron chi connectivity index (χ4n) is 1.96. The molecule has 0 aliphatic carbocycles. The van der Waals surface area contributed by atoms with Crippen LogP contribution in [-0.2, 0) is 0 Å². The molecule has 21 heavy (non-hydrogen) atoms. The Kier molecular flexibility index (Phi) is 6.81. The van der Waals surface area contributed by atoms with Gasteiger partial charge in [-0.15, -0.1) is 11.3 Å². The number of hydrogen-bond acceptors (Lipinski definition) is 5. The van der Waals surface area contributed by atoms with E-state index in [0.29, 0.717) is 28.9 Å². The highest BCUT2D eigenvalue weighted by Crippen LogP contribution is 2.43. The smallest absolute Gasteiger partial charge is 0.263 e. The topological polar surface area (TPSA) is 76.4 Å². The fraction of sp³-hybridized carbons (Fsp3) is 0.667. The van der Waals surface area contributed by atoms with Crippen molar-refractivity contribution in [2.75, 3.05) is 17.6 Å². The molecule has 0 saturated carbocycles. The van der Waals surface area contributed by atoms with Crippen LogP contribution < -0.4 is 21.1 Å². The maximum atomic E-state index is 12.1. The number of anilines is 2. The van der Waals surface area contributed by atoms with Gasteiger partial charge in [-0.2, -0.15) is 0 Å². The van der Waals surface area contributed by atoms with Crippen LogP contribution in [0.2, 0.25) is 0 Å². The molecule has 0 aliphatic rings. The van der Waals surface area contributed by atoms with E-state index in [1.54, 1.807) is 0 Å². The highest BCUT2D eigenvalue weighted by Gasteiger charge is 2.23. The molecule has 0 unspecified atom stereocenters. The molecule has 4 N–H and O–H groups in total. The summed E-state index contributed by atoms with van der Waals surface area (Å²) in [6.07, 6.45) is 2.02. The predicted octanol–water partition coefficient (Wildman–Crippen LogP) is 3.47. The molecule has 0 atom stereocenters. The summed E-state index contributed by atoms with van der Waals surface area (Å²) >= 11 is 1.36.